The van der Waals surface area contributed by atoms with Crippen LogP contribution in [0.3, 0.4) is 0 Å². The maximum absolute atomic E-state index is 12.2. The number of ketones is 1. The van der Waals surface area contributed by atoms with Gasteiger partial charge in [-0.05, 0) is 49.9 Å². The van der Waals surface area contributed by atoms with Gasteiger partial charge in [-0.15, -0.1) is 0 Å². The van der Waals surface area contributed by atoms with Crippen LogP contribution in [0.1, 0.15) is 30.7 Å². The number of Topliss-reactive ketones (excluding diaryl/α,β-unsaturated/α-hetero) is 1. The molecule has 7 nitrogen and oxygen atoms in total. The van der Waals surface area contributed by atoms with Gasteiger partial charge in [-0.25, -0.2) is 4.98 Å². The number of rotatable bonds is 9. The van der Waals surface area contributed by atoms with Crippen LogP contribution in [0.4, 0.5) is 5.82 Å². The smallest absolute Gasteiger partial charge is 0.162 e. The lowest BCUT2D eigenvalue weighted by Gasteiger charge is -2.26. The van der Waals surface area contributed by atoms with E-state index in [9.17, 15) is 4.79 Å². The Bertz CT molecular complexity index is 1130. The SMILES string of the molecule is CC(=O)C(=C(C)N)c1ccn2c(NCCN3CCOCC3)c(CCc3ccccc3)nc2c1. The third kappa shape index (κ3) is 5.61. The Morgan fingerprint density at radius 1 is 1.12 bits per heavy atom. The molecule has 7 heteroatoms. The van der Waals surface area contributed by atoms with Crippen molar-refractivity contribution in [2.24, 2.45) is 5.73 Å². The molecule has 1 saturated heterocycles. The van der Waals surface area contributed by atoms with E-state index in [1.165, 1.54) is 5.56 Å². The summed E-state index contributed by atoms with van der Waals surface area (Å²) in [5.41, 5.74) is 11.0. The van der Waals surface area contributed by atoms with Gasteiger partial charge >= 0.3 is 0 Å². The Hall–Kier alpha value is -3.16. The number of carbonyl (C=O) groups is 1. The first-order chi connectivity index (χ1) is 16.0. The summed E-state index contributed by atoms with van der Waals surface area (Å²) in [6.07, 6.45) is 3.72. The van der Waals surface area contributed by atoms with Gasteiger partial charge in [-0.3, -0.25) is 14.1 Å². The molecule has 1 aliphatic rings. The maximum Gasteiger partial charge on any atom is 0.162 e. The topological polar surface area (TPSA) is 84.9 Å². The van der Waals surface area contributed by atoms with Crippen molar-refractivity contribution in [3.8, 4) is 0 Å². The molecule has 3 heterocycles. The molecule has 3 N–H and O–H groups in total. The van der Waals surface area contributed by atoms with Crippen molar-refractivity contribution < 1.29 is 9.53 Å². The number of nitrogens with two attached hydrogens (primary N) is 1. The molecule has 0 unspecified atom stereocenters. The fourth-order valence-corrected chi connectivity index (χ4v) is 4.38. The van der Waals surface area contributed by atoms with Crippen LogP contribution < -0.4 is 11.1 Å². The molecule has 0 aliphatic carbocycles. The number of aromatic nitrogens is 2. The van der Waals surface area contributed by atoms with Crippen LogP contribution in [0, 0.1) is 0 Å². The standard InChI is InChI=1S/C26H33N5O2/c1-19(27)25(20(2)32)22-10-12-31-24(18-22)29-23(9-8-21-6-4-3-5-7-21)26(31)28-11-13-30-14-16-33-17-15-30/h3-7,10,12,18,28H,8-9,11,13-17,27H2,1-2H3. The molecular weight excluding hydrogens is 414 g/mol. The molecule has 0 bridgehead atoms. The Labute approximate surface area is 195 Å². The number of benzene rings is 1. The lowest BCUT2D eigenvalue weighted by Crippen LogP contribution is -2.39. The molecule has 0 spiro atoms. The summed E-state index contributed by atoms with van der Waals surface area (Å²) in [6, 6.07) is 14.4. The van der Waals surface area contributed by atoms with Crippen LogP contribution in [0.15, 0.2) is 54.4 Å². The van der Waals surface area contributed by atoms with Gasteiger partial charge in [-0.2, -0.15) is 0 Å². The average molecular weight is 448 g/mol. The average Bonchev–Trinajstić information content (AvgIpc) is 3.15. The monoisotopic (exact) mass is 447 g/mol. The van der Waals surface area contributed by atoms with Crippen LogP contribution >= 0.6 is 0 Å². The molecule has 0 amide bonds. The molecule has 1 aliphatic heterocycles. The second-order valence-corrected chi connectivity index (χ2v) is 8.53. The van der Waals surface area contributed by atoms with E-state index >= 15 is 0 Å². The highest BCUT2D eigenvalue weighted by atomic mass is 16.5. The third-order valence-electron chi connectivity index (χ3n) is 6.05. The number of hydrogen-bond acceptors (Lipinski definition) is 6. The number of morpholine rings is 1. The van der Waals surface area contributed by atoms with Crippen LogP contribution in [0.5, 0.6) is 0 Å². The maximum atomic E-state index is 12.2. The van der Waals surface area contributed by atoms with Crippen molar-refractivity contribution in [1.29, 1.82) is 0 Å². The Morgan fingerprint density at radius 2 is 1.88 bits per heavy atom. The molecule has 4 rings (SSSR count). The van der Waals surface area contributed by atoms with Crippen LogP contribution in [0.2, 0.25) is 0 Å². The van der Waals surface area contributed by atoms with E-state index in [2.05, 4.69) is 38.9 Å². The zero-order valence-electron chi connectivity index (χ0n) is 19.5. The van der Waals surface area contributed by atoms with Crippen molar-refractivity contribution in [3.05, 3.63) is 71.2 Å². The predicted molar refractivity (Wildman–Crippen MR) is 132 cm³/mol. The van der Waals surface area contributed by atoms with Gasteiger partial charge in [0.15, 0.2) is 5.78 Å². The van der Waals surface area contributed by atoms with E-state index < -0.39 is 0 Å². The van der Waals surface area contributed by atoms with E-state index in [-0.39, 0.29) is 5.78 Å². The molecular formula is C26H33N5O2. The number of nitrogens with one attached hydrogen (secondary N) is 1. The number of nitrogens with zero attached hydrogens (tertiary/aromatic N) is 3. The first kappa shape index (κ1) is 23.0. The fraction of sp³-hybridized carbons (Fsp3) is 0.385. The third-order valence-corrected chi connectivity index (χ3v) is 6.05. The van der Waals surface area contributed by atoms with Crippen molar-refractivity contribution in [2.75, 3.05) is 44.7 Å². The molecule has 1 aromatic carbocycles. The van der Waals surface area contributed by atoms with Gasteiger partial charge in [0.05, 0.1) is 18.9 Å². The number of fused-ring (bicyclic) bond motifs is 1. The minimum Gasteiger partial charge on any atom is -0.402 e. The second kappa shape index (κ2) is 10.6. The molecule has 3 aromatic rings. The predicted octanol–water partition coefficient (Wildman–Crippen LogP) is 3.14. The number of pyridine rings is 1. The summed E-state index contributed by atoms with van der Waals surface area (Å²) in [5.74, 6) is 0.970. The van der Waals surface area contributed by atoms with Crippen molar-refractivity contribution in [3.63, 3.8) is 0 Å². The first-order valence-electron chi connectivity index (χ1n) is 11.6. The molecule has 1 fully saturated rings. The minimum atomic E-state index is -0.0425. The molecule has 33 heavy (non-hydrogen) atoms. The highest BCUT2D eigenvalue weighted by molar-refractivity contribution is 6.20. The molecule has 2 aromatic heterocycles. The van der Waals surface area contributed by atoms with E-state index in [1.807, 2.05) is 24.4 Å². The Balaban J connectivity index is 1.60. The molecule has 174 valence electrons. The highest BCUT2D eigenvalue weighted by Gasteiger charge is 2.17. The summed E-state index contributed by atoms with van der Waals surface area (Å²) in [4.78, 5) is 19.5. The number of allylic oxidation sites excluding steroid dienone is 2. The van der Waals surface area contributed by atoms with Crippen molar-refractivity contribution in [1.82, 2.24) is 14.3 Å². The number of anilines is 1. The number of carbonyl (C=O) groups excluding carboxylic acids is 1. The minimum absolute atomic E-state index is 0.0425. The normalized spacial score (nSPS) is 15.5. The first-order valence-corrected chi connectivity index (χ1v) is 11.6. The number of aryl methyl sites for hydroxylation is 2. The Kier molecular flexibility index (Phi) is 7.42. The number of imidazole rings is 1. The van der Waals surface area contributed by atoms with Gasteiger partial charge in [0.25, 0.3) is 0 Å². The highest BCUT2D eigenvalue weighted by Crippen LogP contribution is 2.25. The Morgan fingerprint density at radius 3 is 2.58 bits per heavy atom. The zero-order chi connectivity index (χ0) is 23.2. The van der Waals surface area contributed by atoms with Crippen molar-refractivity contribution >= 4 is 22.8 Å². The lowest BCUT2D eigenvalue weighted by molar-refractivity contribution is -0.111. The quantitative estimate of drug-likeness (QED) is 0.490. The summed E-state index contributed by atoms with van der Waals surface area (Å²) in [6.45, 7) is 8.63. The van der Waals surface area contributed by atoms with E-state index in [4.69, 9.17) is 15.5 Å². The lowest BCUT2D eigenvalue weighted by atomic mass is 10.0. The van der Waals surface area contributed by atoms with Gasteiger partial charge in [0.2, 0.25) is 0 Å². The fourth-order valence-electron chi connectivity index (χ4n) is 4.38. The molecule has 0 radical (unpaired) electrons. The summed E-state index contributed by atoms with van der Waals surface area (Å²) >= 11 is 0. The van der Waals surface area contributed by atoms with Gasteiger partial charge in [0, 0.05) is 43.6 Å². The summed E-state index contributed by atoms with van der Waals surface area (Å²) in [7, 11) is 0. The number of ether oxygens (including phenoxy) is 1. The van der Waals surface area contributed by atoms with Crippen molar-refractivity contribution in [2.45, 2.75) is 26.7 Å². The number of hydrogen-bond donors (Lipinski definition) is 2. The van der Waals surface area contributed by atoms with Crippen LogP contribution in [0.25, 0.3) is 11.2 Å². The van der Waals surface area contributed by atoms with Crippen LogP contribution in [-0.4, -0.2) is 59.5 Å². The summed E-state index contributed by atoms with van der Waals surface area (Å²) in [5, 5.41) is 3.63. The van der Waals surface area contributed by atoms with E-state index in [1.54, 1.807) is 13.8 Å². The van der Waals surface area contributed by atoms with Crippen LogP contribution in [-0.2, 0) is 22.4 Å². The largest absolute Gasteiger partial charge is 0.402 e. The molecule has 0 atom stereocenters. The van der Waals surface area contributed by atoms with E-state index in [0.717, 1.165) is 75.0 Å². The van der Waals surface area contributed by atoms with Gasteiger partial charge < -0.3 is 15.8 Å². The van der Waals surface area contributed by atoms with E-state index in [0.29, 0.717) is 11.3 Å². The second-order valence-electron chi connectivity index (χ2n) is 8.53. The van der Waals surface area contributed by atoms with Gasteiger partial charge in [0.1, 0.15) is 11.5 Å². The zero-order valence-corrected chi connectivity index (χ0v) is 19.5. The summed E-state index contributed by atoms with van der Waals surface area (Å²) < 4.78 is 7.53. The van der Waals surface area contributed by atoms with Gasteiger partial charge in [-0.1, -0.05) is 30.3 Å². The molecule has 0 saturated carbocycles.